The molecule has 4 fully saturated rings. The molecule has 0 radical (unpaired) electrons. The normalized spacial score (nSPS) is 36.7. The van der Waals surface area contributed by atoms with Crippen LogP contribution in [0.4, 0.5) is 0 Å². The van der Waals surface area contributed by atoms with Gasteiger partial charge in [0.25, 0.3) is 0 Å². The summed E-state index contributed by atoms with van der Waals surface area (Å²) in [6.45, 7) is 4.08. The average molecular weight is 407 g/mol. The van der Waals surface area contributed by atoms with Crippen molar-refractivity contribution in [1.82, 2.24) is 0 Å². The van der Waals surface area contributed by atoms with Gasteiger partial charge in [0.2, 0.25) is 0 Å². The molecule has 1 aliphatic heterocycles. The first-order chi connectivity index (χ1) is 14.0. The molecule has 0 aromatic heterocycles. The molecule has 6 unspecified atom stereocenters. The number of fused-ring (bicyclic) bond motifs is 1. The van der Waals surface area contributed by atoms with Gasteiger partial charge in [-0.1, -0.05) is 26.7 Å². The third-order valence-corrected chi connectivity index (χ3v) is 7.61. The van der Waals surface area contributed by atoms with Gasteiger partial charge in [0.05, 0.1) is 11.8 Å². The van der Waals surface area contributed by atoms with E-state index in [0.717, 1.165) is 44.9 Å². The van der Waals surface area contributed by atoms with Gasteiger partial charge in [0, 0.05) is 18.3 Å². The number of unbranched alkanes of at least 4 members (excludes halogenated alkanes) is 1. The fourth-order valence-electron chi connectivity index (χ4n) is 6.26. The van der Waals surface area contributed by atoms with Crippen LogP contribution in [0.1, 0.15) is 84.5 Å². The Morgan fingerprint density at radius 3 is 2.55 bits per heavy atom. The van der Waals surface area contributed by atoms with Gasteiger partial charge in [-0.2, -0.15) is 0 Å². The van der Waals surface area contributed by atoms with Gasteiger partial charge in [0.15, 0.2) is 0 Å². The van der Waals surface area contributed by atoms with Crippen molar-refractivity contribution in [1.29, 1.82) is 0 Å². The second-order valence-electron chi connectivity index (χ2n) is 9.49. The number of carbonyl (C=O) groups excluding carboxylic acids is 3. The Morgan fingerprint density at radius 2 is 1.86 bits per heavy atom. The molecule has 1 heterocycles. The van der Waals surface area contributed by atoms with E-state index in [2.05, 4.69) is 6.92 Å². The van der Waals surface area contributed by atoms with Crippen molar-refractivity contribution >= 4 is 17.9 Å². The number of carbonyl (C=O) groups is 3. The van der Waals surface area contributed by atoms with E-state index >= 15 is 0 Å². The Balaban J connectivity index is 1.51. The van der Waals surface area contributed by atoms with Crippen LogP contribution < -0.4 is 0 Å². The van der Waals surface area contributed by atoms with Crippen LogP contribution in [0, 0.1) is 23.7 Å². The Bertz CT molecular complexity index is 652. The molecule has 1 saturated heterocycles. The summed E-state index contributed by atoms with van der Waals surface area (Å²) in [6, 6.07) is 0. The second kappa shape index (κ2) is 8.27. The maximum absolute atomic E-state index is 13.4. The van der Waals surface area contributed by atoms with E-state index in [9.17, 15) is 14.4 Å². The van der Waals surface area contributed by atoms with Crippen molar-refractivity contribution in [3.8, 4) is 0 Å². The fourth-order valence-corrected chi connectivity index (χ4v) is 6.26. The fraction of sp³-hybridized carbons (Fsp3) is 0.870. The van der Waals surface area contributed by atoms with E-state index in [0.29, 0.717) is 19.3 Å². The van der Waals surface area contributed by atoms with Crippen molar-refractivity contribution in [3.05, 3.63) is 0 Å². The van der Waals surface area contributed by atoms with Crippen LogP contribution in [0.25, 0.3) is 0 Å². The minimum Gasteiger partial charge on any atom is -0.459 e. The summed E-state index contributed by atoms with van der Waals surface area (Å²) in [7, 11) is 0. The lowest BCUT2D eigenvalue weighted by Gasteiger charge is -2.39. The lowest BCUT2D eigenvalue weighted by atomic mass is 9.77. The maximum Gasteiger partial charge on any atom is 0.310 e. The molecule has 0 aromatic carbocycles. The van der Waals surface area contributed by atoms with E-state index in [1.54, 1.807) is 0 Å². The van der Waals surface area contributed by atoms with Crippen LogP contribution in [-0.2, 0) is 28.6 Å². The number of rotatable bonds is 8. The minimum atomic E-state index is -0.536. The lowest BCUT2D eigenvalue weighted by Crippen LogP contribution is -2.46. The molecule has 3 aliphatic carbocycles. The van der Waals surface area contributed by atoms with Gasteiger partial charge < -0.3 is 14.2 Å². The Morgan fingerprint density at radius 1 is 1.10 bits per heavy atom. The summed E-state index contributed by atoms with van der Waals surface area (Å²) < 4.78 is 17.5. The van der Waals surface area contributed by atoms with Crippen LogP contribution in [0.2, 0.25) is 0 Å². The lowest BCUT2D eigenvalue weighted by molar-refractivity contribution is -0.178. The van der Waals surface area contributed by atoms with E-state index in [1.165, 1.54) is 6.42 Å². The number of ether oxygens (including phenoxy) is 3. The quantitative estimate of drug-likeness (QED) is 0.449. The van der Waals surface area contributed by atoms with E-state index in [1.807, 2.05) is 6.92 Å². The molecule has 6 atom stereocenters. The highest BCUT2D eigenvalue weighted by Crippen LogP contribution is 2.59. The predicted molar refractivity (Wildman–Crippen MR) is 105 cm³/mol. The zero-order valence-corrected chi connectivity index (χ0v) is 17.7. The summed E-state index contributed by atoms with van der Waals surface area (Å²) in [5.74, 6) is -2.01. The van der Waals surface area contributed by atoms with Crippen molar-refractivity contribution < 1.29 is 28.6 Å². The second-order valence-corrected chi connectivity index (χ2v) is 9.49. The summed E-state index contributed by atoms with van der Waals surface area (Å²) in [6.07, 6.45) is 9.03. The van der Waals surface area contributed by atoms with Gasteiger partial charge >= 0.3 is 17.9 Å². The number of hydrogen-bond donors (Lipinski definition) is 0. The molecule has 0 amide bonds. The van der Waals surface area contributed by atoms with E-state index in [-0.39, 0.29) is 41.4 Å². The van der Waals surface area contributed by atoms with Crippen LogP contribution in [0.3, 0.4) is 0 Å². The van der Waals surface area contributed by atoms with Crippen molar-refractivity contribution in [3.63, 3.8) is 0 Å². The zero-order valence-electron chi connectivity index (χ0n) is 17.7. The smallest absolute Gasteiger partial charge is 0.310 e. The van der Waals surface area contributed by atoms with Crippen LogP contribution in [0.5, 0.6) is 0 Å². The SMILES string of the molecule is CCCCC1(OC(=O)C2C3CC4C(OC(=O)C42)C3OC(=O)CCC)CCCCC1. The van der Waals surface area contributed by atoms with Crippen LogP contribution in [0.15, 0.2) is 0 Å². The topological polar surface area (TPSA) is 78.9 Å². The molecule has 0 N–H and O–H groups in total. The monoisotopic (exact) mass is 406 g/mol. The van der Waals surface area contributed by atoms with Crippen molar-refractivity contribution in [2.45, 2.75) is 102 Å². The van der Waals surface area contributed by atoms with Crippen molar-refractivity contribution in [2.24, 2.45) is 23.7 Å². The molecule has 6 nitrogen and oxygen atoms in total. The molecule has 0 spiro atoms. The maximum atomic E-state index is 13.4. The predicted octanol–water partition coefficient (Wildman–Crippen LogP) is 3.94. The first kappa shape index (κ1) is 20.7. The average Bonchev–Trinajstić information content (AvgIpc) is 3.31. The first-order valence-corrected chi connectivity index (χ1v) is 11.6. The number of hydrogen-bond acceptors (Lipinski definition) is 6. The molecule has 2 bridgehead atoms. The summed E-state index contributed by atoms with van der Waals surface area (Å²) in [5, 5.41) is 0. The molecule has 4 rings (SSSR count). The van der Waals surface area contributed by atoms with Gasteiger partial charge in [0.1, 0.15) is 17.8 Å². The molecule has 3 saturated carbocycles. The number of esters is 3. The van der Waals surface area contributed by atoms with E-state index < -0.39 is 17.9 Å². The van der Waals surface area contributed by atoms with Gasteiger partial charge in [-0.25, -0.2) is 0 Å². The third-order valence-electron chi connectivity index (χ3n) is 7.61. The van der Waals surface area contributed by atoms with Crippen LogP contribution >= 0.6 is 0 Å². The van der Waals surface area contributed by atoms with Gasteiger partial charge in [-0.3, -0.25) is 14.4 Å². The molecular formula is C23H34O6. The minimum absolute atomic E-state index is 0.0255. The highest BCUT2D eigenvalue weighted by Gasteiger charge is 2.70. The largest absolute Gasteiger partial charge is 0.459 e. The van der Waals surface area contributed by atoms with Gasteiger partial charge in [-0.15, -0.1) is 0 Å². The summed E-state index contributed by atoms with van der Waals surface area (Å²) in [5.41, 5.74) is -0.385. The zero-order chi connectivity index (χ0) is 20.6. The molecule has 0 aromatic rings. The molecule has 162 valence electrons. The first-order valence-electron chi connectivity index (χ1n) is 11.6. The molecular weight excluding hydrogens is 372 g/mol. The van der Waals surface area contributed by atoms with Crippen LogP contribution in [-0.4, -0.2) is 35.7 Å². The molecule has 6 heteroatoms. The summed E-state index contributed by atoms with van der Waals surface area (Å²) >= 11 is 0. The highest BCUT2D eigenvalue weighted by molar-refractivity contribution is 5.86. The van der Waals surface area contributed by atoms with Gasteiger partial charge in [-0.05, 0) is 51.4 Å². The molecule has 29 heavy (non-hydrogen) atoms. The Labute approximate surface area is 173 Å². The van der Waals surface area contributed by atoms with E-state index in [4.69, 9.17) is 14.2 Å². The Hall–Kier alpha value is -1.59. The standard InChI is InChI=1S/C23H34O6/c1-3-5-10-23(11-7-6-8-12-23)29-22(26)18-15-13-14-17(18)21(25)28-20(14)19(15)27-16(24)9-4-2/h14-15,17-20H,3-13H2,1-2H3. The Kier molecular flexibility index (Phi) is 5.90. The van der Waals surface area contributed by atoms with Crippen molar-refractivity contribution in [2.75, 3.05) is 0 Å². The molecule has 4 aliphatic rings. The third kappa shape index (κ3) is 3.68. The highest BCUT2D eigenvalue weighted by atomic mass is 16.6. The summed E-state index contributed by atoms with van der Waals surface area (Å²) in [4.78, 5) is 38.0.